The molecule has 1 fully saturated rings. The number of anilines is 1. The lowest BCUT2D eigenvalue weighted by Gasteiger charge is -2.38. The molecule has 0 radical (unpaired) electrons. The normalized spacial score (nSPS) is 17.2. The van der Waals surface area contributed by atoms with E-state index >= 15 is 0 Å². The number of aryl methyl sites for hydroxylation is 2. The Hall–Kier alpha value is -2.61. The molecule has 3 heterocycles. The monoisotopic (exact) mass is 359 g/mol. The Morgan fingerprint density at radius 2 is 1.96 bits per heavy atom. The van der Waals surface area contributed by atoms with Crippen molar-refractivity contribution in [3.8, 4) is 0 Å². The number of hydrogen-bond acceptors (Lipinski definition) is 5. The maximum atomic E-state index is 12.8. The number of rotatable bonds is 4. The van der Waals surface area contributed by atoms with Crippen molar-refractivity contribution >= 4 is 11.7 Å². The highest BCUT2D eigenvalue weighted by atomic mass is 16.3. The third-order valence-corrected chi connectivity index (χ3v) is 4.67. The Morgan fingerprint density at radius 3 is 2.54 bits per heavy atom. The number of carbonyl (C=O) groups excluding carboxylic acids is 1. The second kappa shape index (κ2) is 6.95. The number of aliphatic hydroxyl groups is 1. The SMILES string of the molecule is Cc1ccn(CC(C)(O)C(=O)N2CCN(c3cc(C)[nH]n3)CC2)c(=O)c1. The molecule has 2 aromatic heterocycles. The summed E-state index contributed by atoms with van der Waals surface area (Å²) in [6, 6.07) is 5.25. The van der Waals surface area contributed by atoms with Gasteiger partial charge < -0.3 is 19.5 Å². The van der Waals surface area contributed by atoms with E-state index in [1.807, 2.05) is 19.9 Å². The van der Waals surface area contributed by atoms with Crippen molar-refractivity contribution in [2.75, 3.05) is 31.1 Å². The fourth-order valence-corrected chi connectivity index (χ4v) is 3.18. The Labute approximate surface area is 152 Å². The molecule has 1 atom stereocenters. The van der Waals surface area contributed by atoms with Gasteiger partial charge in [-0.1, -0.05) is 0 Å². The van der Waals surface area contributed by atoms with Crippen LogP contribution < -0.4 is 10.5 Å². The fraction of sp³-hybridized carbons (Fsp3) is 0.500. The summed E-state index contributed by atoms with van der Waals surface area (Å²) >= 11 is 0. The van der Waals surface area contributed by atoms with Crippen molar-refractivity contribution in [1.82, 2.24) is 19.7 Å². The molecule has 1 aliphatic heterocycles. The molecule has 1 saturated heterocycles. The lowest BCUT2D eigenvalue weighted by Crippen LogP contribution is -2.56. The number of H-pyrrole nitrogens is 1. The van der Waals surface area contributed by atoms with Gasteiger partial charge in [0.25, 0.3) is 11.5 Å². The van der Waals surface area contributed by atoms with Gasteiger partial charge in [-0.15, -0.1) is 0 Å². The minimum Gasteiger partial charge on any atom is -0.378 e. The number of pyridine rings is 1. The van der Waals surface area contributed by atoms with Crippen molar-refractivity contribution in [3.63, 3.8) is 0 Å². The van der Waals surface area contributed by atoms with Crippen LogP contribution in [0.2, 0.25) is 0 Å². The average Bonchev–Trinajstić information content (AvgIpc) is 3.03. The average molecular weight is 359 g/mol. The molecular formula is C18H25N5O3. The molecule has 140 valence electrons. The predicted octanol–water partition coefficient (Wildman–Crippen LogP) is 0.288. The molecule has 3 rings (SSSR count). The van der Waals surface area contributed by atoms with Crippen molar-refractivity contribution in [2.45, 2.75) is 32.9 Å². The Balaban J connectivity index is 1.64. The van der Waals surface area contributed by atoms with E-state index in [4.69, 9.17) is 0 Å². The van der Waals surface area contributed by atoms with Crippen LogP contribution in [0.5, 0.6) is 0 Å². The van der Waals surface area contributed by atoms with Crippen molar-refractivity contribution < 1.29 is 9.90 Å². The highest BCUT2D eigenvalue weighted by molar-refractivity contribution is 5.84. The van der Waals surface area contributed by atoms with Crippen molar-refractivity contribution in [3.05, 3.63) is 46.0 Å². The van der Waals surface area contributed by atoms with Gasteiger partial charge in [0.05, 0.1) is 6.54 Å². The Morgan fingerprint density at radius 1 is 1.27 bits per heavy atom. The van der Waals surface area contributed by atoms with Crippen LogP contribution in [0.3, 0.4) is 0 Å². The second-order valence-electron chi connectivity index (χ2n) is 7.13. The topological polar surface area (TPSA) is 94.5 Å². The Bertz CT molecular complexity index is 847. The van der Waals surface area contributed by atoms with E-state index in [1.165, 1.54) is 17.6 Å². The summed E-state index contributed by atoms with van der Waals surface area (Å²) in [5, 5.41) is 17.8. The van der Waals surface area contributed by atoms with Crippen LogP contribution in [0, 0.1) is 13.8 Å². The van der Waals surface area contributed by atoms with Crippen LogP contribution in [-0.2, 0) is 11.3 Å². The summed E-state index contributed by atoms with van der Waals surface area (Å²) in [4.78, 5) is 28.6. The van der Waals surface area contributed by atoms with Gasteiger partial charge in [-0.05, 0) is 32.4 Å². The standard InChI is InChI=1S/C18H25N5O3/c1-13-4-5-23(16(24)10-13)12-18(3,26)17(25)22-8-6-21(7-9-22)15-11-14(2)19-20-15/h4-5,10-11,26H,6-9,12H2,1-3H3,(H,19,20). The molecular weight excluding hydrogens is 334 g/mol. The zero-order valence-corrected chi connectivity index (χ0v) is 15.4. The van der Waals surface area contributed by atoms with Crippen LogP contribution in [-0.4, -0.2) is 62.5 Å². The van der Waals surface area contributed by atoms with Gasteiger partial charge >= 0.3 is 0 Å². The third kappa shape index (κ3) is 3.80. The molecule has 1 aliphatic rings. The molecule has 2 aromatic rings. The number of aromatic amines is 1. The lowest BCUT2D eigenvalue weighted by molar-refractivity contribution is -0.151. The molecule has 0 spiro atoms. The van der Waals surface area contributed by atoms with E-state index in [0.29, 0.717) is 26.2 Å². The van der Waals surface area contributed by atoms with Crippen molar-refractivity contribution in [2.24, 2.45) is 0 Å². The van der Waals surface area contributed by atoms with E-state index < -0.39 is 5.60 Å². The summed E-state index contributed by atoms with van der Waals surface area (Å²) in [6.07, 6.45) is 1.61. The van der Waals surface area contributed by atoms with Crippen molar-refractivity contribution in [1.29, 1.82) is 0 Å². The first-order chi connectivity index (χ1) is 12.3. The quantitative estimate of drug-likeness (QED) is 0.818. The van der Waals surface area contributed by atoms with Gasteiger partial charge in [0.15, 0.2) is 11.4 Å². The summed E-state index contributed by atoms with van der Waals surface area (Å²) in [5.74, 6) is 0.510. The zero-order chi connectivity index (χ0) is 18.9. The van der Waals surface area contributed by atoms with Gasteiger partial charge in [-0.25, -0.2) is 0 Å². The van der Waals surface area contributed by atoms with Gasteiger partial charge in [0.2, 0.25) is 0 Å². The van der Waals surface area contributed by atoms with Gasteiger partial charge in [0, 0.05) is 50.2 Å². The summed E-state index contributed by atoms with van der Waals surface area (Å²) in [6.45, 7) is 7.48. The number of amides is 1. The van der Waals surface area contributed by atoms with E-state index in [-0.39, 0.29) is 18.0 Å². The number of nitrogens with one attached hydrogen (secondary N) is 1. The Kier molecular flexibility index (Phi) is 4.86. The fourth-order valence-electron chi connectivity index (χ4n) is 3.18. The van der Waals surface area contributed by atoms with E-state index in [9.17, 15) is 14.7 Å². The molecule has 1 amide bonds. The predicted molar refractivity (Wildman–Crippen MR) is 98.2 cm³/mol. The maximum Gasteiger partial charge on any atom is 0.256 e. The zero-order valence-electron chi connectivity index (χ0n) is 15.4. The van der Waals surface area contributed by atoms with E-state index in [1.54, 1.807) is 17.2 Å². The molecule has 0 aromatic carbocycles. The van der Waals surface area contributed by atoms with Crippen LogP contribution in [0.1, 0.15) is 18.2 Å². The highest BCUT2D eigenvalue weighted by Crippen LogP contribution is 2.17. The summed E-state index contributed by atoms with van der Waals surface area (Å²) in [7, 11) is 0. The molecule has 0 bridgehead atoms. The molecule has 8 heteroatoms. The number of aromatic nitrogens is 3. The van der Waals surface area contributed by atoms with Gasteiger partial charge in [-0.3, -0.25) is 14.7 Å². The smallest absolute Gasteiger partial charge is 0.256 e. The van der Waals surface area contributed by atoms with Crippen LogP contribution in [0.25, 0.3) is 0 Å². The molecule has 2 N–H and O–H groups in total. The number of carbonyl (C=O) groups is 1. The minimum atomic E-state index is -1.63. The van der Waals surface area contributed by atoms with E-state index in [0.717, 1.165) is 17.1 Å². The van der Waals surface area contributed by atoms with Crippen LogP contribution in [0.4, 0.5) is 5.82 Å². The van der Waals surface area contributed by atoms with Gasteiger partial charge in [-0.2, -0.15) is 5.10 Å². The molecule has 8 nitrogen and oxygen atoms in total. The first-order valence-electron chi connectivity index (χ1n) is 8.72. The van der Waals surface area contributed by atoms with Crippen LogP contribution in [0.15, 0.2) is 29.2 Å². The number of piperazine rings is 1. The van der Waals surface area contributed by atoms with Gasteiger partial charge in [0.1, 0.15) is 0 Å². The first kappa shape index (κ1) is 18.2. The van der Waals surface area contributed by atoms with Crippen LogP contribution >= 0.6 is 0 Å². The summed E-state index contributed by atoms with van der Waals surface area (Å²) in [5.41, 5.74) is -0.0202. The largest absolute Gasteiger partial charge is 0.378 e. The minimum absolute atomic E-state index is 0.0658. The number of hydrogen-bond donors (Lipinski definition) is 2. The number of nitrogens with zero attached hydrogens (tertiary/aromatic N) is 4. The first-order valence-corrected chi connectivity index (χ1v) is 8.72. The molecule has 1 unspecified atom stereocenters. The van der Waals surface area contributed by atoms with E-state index in [2.05, 4.69) is 15.1 Å². The third-order valence-electron chi connectivity index (χ3n) is 4.67. The second-order valence-corrected chi connectivity index (χ2v) is 7.13. The summed E-state index contributed by atoms with van der Waals surface area (Å²) < 4.78 is 1.37. The lowest BCUT2D eigenvalue weighted by atomic mass is 10.0. The highest BCUT2D eigenvalue weighted by Gasteiger charge is 2.36. The molecule has 26 heavy (non-hydrogen) atoms. The maximum absolute atomic E-state index is 12.8. The molecule has 0 aliphatic carbocycles. The molecule has 0 saturated carbocycles.